The van der Waals surface area contributed by atoms with Gasteiger partial charge < -0.3 is 15.1 Å². The highest BCUT2D eigenvalue weighted by molar-refractivity contribution is 7.91. The lowest BCUT2D eigenvalue weighted by molar-refractivity contribution is -0.117. The van der Waals surface area contributed by atoms with E-state index in [-0.39, 0.29) is 35.3 Å². The molecule has 0 aliphatic carbocycles. The molecule has 170 valence electrons. The van der Waals surface area contributed by atoms with Gasteiger partial charge in [-0.2, -0.15) is 0 Å². The Hall–Kier alpha value is -2.87. The molecule has 2 aliphatic heterocycles. The maximum atomic E-state index is 12.7. The number of carbonyl (C=O) groups excluding carboxylic acids is 2. The number of piperidine rings is 1. The number of likely N-dealkylation sites (N-methyl/N-ethyl adjacent to an activating group) is 1. The van der Waals surface area contributed by atoms with Gasteiger partial charge in [0.25, 0.3) is 0 Å². The second-order valence-electron chi connectivity index (χ2n) is 8.75. The van der Waals surface area contributed by atoms with Crippen LogP contribution in [0.1, 0.15) is 31.7 Å². The van der Waals surface area contributed by atoms with Gasteiger partial charge in [-0.05, 0) is 66.8 Å². The smallest absolute Gasteiger partial charge is 0.231 e. The van der Waals surface area contributed by atoms with E-state index in [0.717, 1.165) is 30.4 Å². The van der Waals surface area contributed by atoms with Crippen molar-refractivity contribution in [1.29, 1.82) is 0 Å². The van der Waals surface area contributed by atoms with Crippen molar-refractivity contribution in [3.05, 3.63) is 48.0 Å². The lowest BCUT2D eigenvalue weighted by Gasteiger charge is -2.32. The van der Waals surface area contributed by atoms with Crippen LogP contribution in [0, 0.1) is 5.92 Å². The minimum absolute atomic E-state index is 0.0604. The number of benzene rings is 2. The van der Waals surface area contributed by atoms with Crippen LogP contribution in [0.2, 0.25) is 0 Å². The molecule has 7 nitrogen and oxygen atoms in total. The molecule has 1 N–H and O–H groups in total. The highest BCUT2D eigenvalue weighted by Gasteiger charge is 2.26. The van der Waals surface area contributed by atoms with Gasteiger partial charge in [0.2, 0.25) is 11.8 Å². The molecule has 1 fully saturated rings. The van der Waals surface area contributed by atoms with Gasteiger partial charge in [0, 0.05) is 43.6 Å². The minimum Gasteiger partial charge on any atom is -0.372 e. The first-order valence-corrected chi connectivity index (χ1v) is 12.7. The Bertz CT molecular complexity index is 1120. The molecule has 2 heterocycles. The fourth-order valence-electron chi connectivity index (χ4n) is 4.23. The van der Waals surface area contributed by atoms with Gasteiger partial charge in [0.1, 0.15) is 0 Å². The van der Waals surface area contributed by atoms with Crippen LogP contribution in [-0.4, -0.2) is 46.1 Å². The molecule has 0 spiro atoms. The van der Waals surface area contributed by atoms with E-state index in [2.05, 4.69) is 17.1 Å². The average Bonchev–Trinajstić information content (AvgIpc) is 3.06. The van der Waals surface area contributed by atoms with Gasteiger partial charge in [-0.15, -0.1) is 0 Å². The Morgan fingerprint density at radius 2 is 1.78 bits per heavy atom. The average molecular weight is 456 g/mol. The number of nitrogens with zero attached hydrogens (tertiary/aromatic N) is 2. The van der Waals surface area contributed by atoms with Gasteiger partial charge in [0.05, 0.1) is 17.1 Å². The van der Waals surface area contributed by atoms with Crippen LogP contribution in [0.15, 0.2) is 47.4 Å². The summed E-state index contributed by atoms with van der Waals surface area (Å²) < 4.78 is 25.4. The molecule has 2 aromatic rings. The van der Waals surface area contributed by atoms with Crippen molar-refractivity contribution in [3.63, 3.8) is 0 Å². The first-order chi connectivity index (χ1) is 15.2. The van der Waals surface area contributed by atoms with E-state index in [1.807, 2.05) is 24.3 Å². The molecular weight excluding hydrogens is 426 g/mol. The van der Waals surface area contributed by atoms with E-state index in [1.165, 1.54) is 23.8 Å². The molecule has 32 heavy (non-hydrogen) atoms. The highest BCUT2D eigenvalue weighted by atomic mass is 32.2. The predicted octanol–water partition coefficient (Wildman–Crippen LogP) is 3.24. The van der Waals surface area contributed by atoms with Crippen LogP contribution in [0.3, 0.4) is 0 Å². The number of sulfone groups is 1. The van der Waals surface area contributed by atoms with E-state index in [0.29, 0.717) is 11.3 Å². The van der Waals surface area contributed by atoms with Gasteiger partial charge in [-0.3, -0.25) is 9.59 Å². The van der Waals surface area contributed by atoms with Crippen molar-refractivity contribution in [2.75, 3.05) is 41.0 Å². The number of hydrogen-bond donors (Lipinski definition) is 1. The molecule has 2 amide bonds. The summed E-state index contributed by atoms with van der Waals surface area (Å²) in [6, 6.07) is 12.4. The number of amides is 2. The number of fused-ring (bicyclic) bond motifs is 1. The summed E-state index contributed by atoms with van der Waals surface area (Å²) in [6.45, 7) is 4.36. The Morgan fingerprint density at radius 3 is 2.47 bits per heavy atom. The first kappa shape index (κ1) is 22.3. The summed E-state index contributed by atoms with van der Waals surface area (Å²) in [5, 5.41) is 2.78. The lowest BCUT2D eigenvalue weighted by atomic mass is 9.99. The Morgan fingerprint density at radius 1 is 1.09 bits per heavy atom. The molecule has 0 aromatic heterocycles. The first-order valence-electron chi connectivity index (χ1n) is 11.0. The summed E-state index contributed by atoms with van der Waals surface area (Å²) in [5.74, 6) is 0.0755. The lowest BCUT2D eigenvalue weighted by Crippen LogP contribution is -2.32. The second-order valence-corrected chi connectivity index (χ2v) is 10.9. The zero-order valence-corrected chi connectivity index (χ0v) is 19.3. The zero-order valence-electron chi connectivity index (χ0n) is 18.5. The number of anilines is 3. The van der Waals surface area contributed by atoms with Crippen molar-refractivity contribution < 1.29 is 18.0 Å². The topological polar surface area (TPSA) is 86.8 Å². The normalized spacial score (nSPS) is 16.9. The van der Waals surface area contributed by atoms with Crippen LogP contribution in [0.5, 0.6) is 0 Å². The fourth-order valence-corrected chi connectivity index (χ4v) is 5.52. The molecule has 4 rings (SSSR count). The molecule has 0 radical (unpaired) electrons. The maximum absolute atomic E-state index is 12.7. The van der Waals surface area contributed by atoms with Crippen LogP contribution in [-0.2, 0) is 25.8 Å². The molecule has 2 aliphatic rings. The highest BCUT2D eigenvalue weighted by Crippen LogP contribution is 2.30. The van der Waals surface area contributed by atoms with Crippen LogP contribution >= 0.6 is 0 Å². The van der Waals surface area contributed by atoms with E-state index in [1.54, 1.807) is 19.2 Å². The van der Waals surface area contributed by atoms with Crippen molar-refractivity contribution in [3.8, 4) is 0 Å². The predicted molar refractivity (Wildman–Crippen MR) is 126 cm³/mol. The summed E-state index contributed by atoms with van der Waals surface area (Å²) in [5.41, 5.74) is 3.22. The van der Waals surface area contributed by atoms with Crippen molar-refractivity contribution in [2.45, 2.75) is 37.5 Å². The molecule has 8 heteroatoms. The van der Waals surface area contributed by atoms with Crippen molar-refractivity contribution in [2.24, 2.45) is 5.92 Å². The van der Waals surface area contributed by atoms with Gasteiger partial charge in [-0.25, -0.2) is 8.42 Å². The van der Waals surface area contributed by atoms with E-state index >= 15 is 0 Å². The third-order valence-corrected chi connectivity index (χ3v) is 8.10. The standard InChI is InChI=1S/C24H29N3O4S/c1-17-9-12-27(13-10-17)20-5-3-19(4-6-20)25-23(28)11-14-32(30,31)21-7-8-22-18(15-21)16-24(29)26(22)2/h3-8,15,17H,9-14,16H2,1-2H3,(H,25,28). The van der Waals surface area contributed by atoms with Crippen molar-refractivity contribution in [1.82, 2.24) is 0 Å². The zero-order chi connectivity index (χ0) is 22.9. The van der Waals surface area contributed by atoms with Gasteiger partial charge in [0.15, 0.2) is 9.84 Å². The summed E-state index contributed by atoms with van der Waals surface area (Å²) in [6.07, 6.45) is 2.43. The largest absolute Gasteiger partial charge is 0.372 e. The monoisotopic (exact) mass is 455 g/mol. The molecule has 2 aromatic carbocycles. The van der Waals surface area contributed by atoms with E-state index in [4.69, 9.17) is 0 Å². The molecule has 0 bridgehead atoms. The summed E-state index contributed by atoms with van der Waals surface area (Å²) in [4.78, 5) is 28.2. The second kappa shape index (κ2) is 8.94. The quantitative estimate of drug-likeness (QED) is 0.723. The van der Waals surface area contributed by atoms with E-state index in [9.17, 15) is 18.0 Å². The SMILES string of the molecule is CC1CCN(c2ccc(NC(=O)CCS(=O)(=O)c3ccc4c(c3)CC(=O)N4C)cc2)CC1. The third kappa shape index (κ3) is 4.80. The fraction of sp³-hybridized carbons (Fsp3) is 0.417. The minimum atomic E-state index is -3.63. The van der Waals surface area contributed by atoms with Gasteiger partial charge in [-0.1, -0.05) is 6.92 Å². The summed E-state index contributed by atoms with van der Waals surface area (Å²) >= 11 is 0. The van der Waals surface area contributed by atoms with E-state index < -0.39 is 9.84 Å². The molecular formula is C24H29N3O4S. The molecule has 0 atom stereocenters. The third-order valence-electron chi connectivity index (χ3n) is 6.38. The number of rotatable bonds is 6. The number of hydrogen-bond acceptors (Lipinski definition) is 5. The molecule has 0 saturated carbocycles. The van der Waals surface area contributed by atoms with Crippen LogP contribution in [0.25, 0.3) is 0 Å². The molecule has 1 saturated heterocycles. The van der Waals surface area contributed by atoms with Crippen LogP contribution in [0.4, 0.5) is 17.1 Å². The van der Waals surface area contributed by atoms with Crippen LogP contribution < -0.4 is 15.1 Å². The maximum Gasteiger partial charge on any atom is 0.231 e. The Labute approximate surface area is 189 Å². The number of nitrogens with one attached hydrogen (secondary N) is 1. The Balaban J connectivity index is 1.33. The molecule has 0 unspecified atom stereocenters. The summed E-state index contributed by atoms with van der Waals surface area (Å²) in [7, 11) is -1.95. The Kier molecular flexibility index (Phi) is 6.24. The van der Waals surface area contributed by atoms with Crippen molar-refractivity contribution >= 4 is 38.7 Å². The number of carbonyl (C=O) groups is 2. The van der Waals surface area contributed by atoms with Gasteiger partial charge >= 0.3 is 0 Å².